The average Bonchev–Trinajstić information content (AvgIpc) is 2.74. The molecule has 0 saturated heterocycles. The number of nitrogens with zero attached hydrogens (tertiary/aromatic N) is 1. The largest absolute Gasteiger partial charge is 0.391 e. The Morgan fingerprint density at radius 3 is 2.55 bits per heavy atom. The zero-order valence-electron chi connectivity index (χ0n) is 17.8. The van der Waals surface area contributed by atoms with Crippen LogP contribution in [0.4, 0.5) is 10.5 Å². The number of halogens is 1. The SMILES string of the molecule is Cc1cc(NC(=O)NC2c3ccccc3C(C)(C)C[C@H]2O)c(-c2ccccc2)nc1Br. The van der Waals surface area contributed by atoms with Crippen LogP contribution in [0.15, 0.2) is 65.3 Å². The Hall–Kier alpha value is -2.70. The van der Waals surface area contributed by atoms with Crippen molar-refractivity contribution in [2.24, 2.45) is 0 Å². The number of aryl methyl sites for hydroxylation is 1. The standard InChI is InChI=1S/C25H26BrN3O2/c1-15-13-19(21(28-23(15)26)16-9-5-4-6-10-16)27-24(31)29-22-17-11-7-8-12-18(17)25(2,3)14-20(22)30/h4-13,20,22,30H,14H2,1-3H3,(H2,27,29,31)/t20-,22?/m1/s1. The fourth-order valence-corrected chi connectivity index (χ4v) is 4.61. The summed E-state index contributed by atoms with van der Waals surface area (Å²) < 4.78 is 0.733. The number of benzene rings is 2. The third-order valence-electron chi connectivity index (χ3n) is 5.86. The van der Waals surface area contributed by atoms with Gasteiger partial charge in [0.2, 0.25) is 0 Å². The van der Waals surface area contributed by atoms with E-state index in [0.29, 0.717) is 17.8 Å². The number of carbonyl (C=O) groups is 1. The van der Waals surface area contributed by atoms with Crippen molar-refractivity contribution < 1.29 is 9.90 Å². The smallest absolute Gasteiger partial charge is 0.319 e. The maximum Gasteiger partial charge on any atom is 0.319 e. The third-order valence-corrected chi connectivity index (χ3v) is 6.67. The van der Waals surface area contributed by atoms with E-state index in [1.807, 2.05) is 61.5 Å². The minimum Gasteiger partial charge on any atom is -0.391 e. The Labute approximate surface area is 191 Å². The van der Waals surface area contributed by atoms with Crippen molar-refractivity contribution in [3.8, 4) is 11.3 Å². The van der Waals surface area contributed by atoms with E-state index >= 15 is 0 Å². The molecule has 6 heteroatoms. The number of rotatable bonds is 3. The summed E-state index contributed by atoms with van der Waals surface area (Å²) in [5.74, 6) is 0. The molecule has 31 heavy (non-hydrogen) atoms. The van der Waals surface area contributed by atoms with Crippen LogP contribution < -0.4 is 10.6 Å². The van der Waals surface area contributed by atoms with Crippen LogP contribution in [0.1, 0.15) is 43.0 Å². The first-order chi connectivity index (χ1) is 14.8. The minimum absolute atomic E-state index is 0.155. The van der Waals surface area contributed by atoms with E-state index in [4.69, 9.17) is 0 Å². The molecular weight excluding hydrogens is 454 g/mol. The van der Waals surface area contributed by atoms with Gasteiger partial charge in [0.25, 0.3) is 0 Å². The first kappa shape index (κ1) is 21.5. The van der Waals surface area contributed by atoms with Gasteiger partial charge in [0, 0.05) is 5.56 Å². The van der Waals surface area contributed by atoms with Crippen LogP contribution in [0, 0.1) is 6.92 Å². The summed E-state index contributed by atoms with van der Waals surface area (Å²) in [7, 11) is 0. The molecule has 2 amide bonds. The van der Waals surface area contributed by atoms with Gasteiger partial charge in [-0.1, -0.05) is 68.4 Å². The summed E-state index contributed by atoms with van der Waals surface area (Å²) in [6.07, 6.45) is -0.0996. The molecule has 1 aromatic heterocycles. The predicted octanol–water partition coefficient (Wildman–Crippen LogP) is 5.72. The molecule has 0 radical (unpaired) electrons. The van der Waals surface area contributed by atoms with Gasteiger partial charge in [-0.15, -0.1) is 0 Å². The van der Waals surface area contributed by atoms with E-state index < -0.39 is 12.1 Å². The molecule has 3 aromatic rings. The zero-order valence-corrected chi connectivity index (χ0v) is 19.4. The van der Waals surface area contributed by atoms with Crippen molar-refractivity contribution in [1.82, 2.24) is 10.3 Å². The van der Waals surface area contributed by atoms with Gasteiger partial charge in [-0.3, -0.25) is 0 Å². The number of fused-ring (bicyclic) bond motifs is 1. The molecule has 0 saturated carbocycles. The molecule has 160 valence electrons. The highest BCUT2D eigenvalue weighted by Crippen LogP contribution is 2.41. The van der Waals surface area contributed by atoms with Crippen molar-refractivity contribution in [1.29, 1.82) is 0 Å². The minimum atomic E-state index is -0.672. The lowest BCUT2D eigenvalue weighted by atomic mass is 9.70. The van der Waals surface area contributed by atoms with Crippen molar-refractivity contribution >= 4 is 27.6 Å². The zero-order chi connectivity index (χ0) is 22.2. The first-order valence-corrected chi connectivity index (χ1v) is 11.1. The number of pyridine rings is 1. The molecular formula is C25H26BrN3O2. The second kappa shape index (κ2) is 8.44. The molecule has 0 aliphatic heterocycles. The maximum absolute atomic E-state index is 13.0. The fraction of sp³-hybridized carbons (Fsp3) is 0.280. The summed E-state index contributed by atoms with van der Waals surface area (Å²) >= 11 is 3.49. The number of aliphatic hydroxyl groups is 1. The predicted molar refractivity (Wildman–Crippen MR) is 127 cm³/mol. The Balaban J connectivity index is 1.62. The van der Waals surface area contributed by atoms with Crippen molar-refractivity contribution in [2.45, 2.75) is 44.8 Å². The second-order valence-electron chi connectivity index (χ2n) is 8.68. The van der Waals surface area contributed by atoms with E-state index in [1.54, 1.807) is 0 Å². The Morgan fingerprint density at radius 2 is 1.81 bits per heavy atom. The van der Waals surface area contributed by atoms with E-state index in [9.17, 15) is 9.90 Å². The normalized spacial score (nSPS) is 19.4. The number of carbonyl (C=O) groups excluding carboxylic acids is 1. The van der Waals surface area contributed by atoms with Crippen molar-refractivity contribution in [2.75, 3.05) is 5.32 Å². The molecule has 5 nitrogen and oxygen atoms in total. The molecule has 2 aromatic carbocycles. The van der Waals surface area contributed by atoms with Gasteiger partial charge >= 0.3 is 6.03 Å². The molecule has 4 rings (SSSR count). The first-order valence-electron chi connectivity index (χ1n) is 10.3. The lowest BCUT2D eigenvalue weighted by Crippen LogP contribution is -2.45. The van der Waals surface area contributed by atoms with E-state index in [2.05, 4.69) is 51.5 Å². The number of amides is 2. The van der Waals surface area contributed by atoms with Gasteiger partial charge in [0.15, 0.2) is 0 Å². The summed E-state index contributed by atoms with van der Waals surface area (Å²) in [5.41, 5.74) is 5.06. The molecule has 1 unspecified atom stereocenters. The lowest BCUT2D eigenvalue weighted by Gasteiger charge is -2.40. The molecule has 0 spiro atoms. The molecule has 3 N–H and O–H groups in total. The maximum atomic E-state index is 13.0. The van der Waals surface area contributed by atoms with Crippen LogP contribution >= 0.6 is 15.9 Å². The van der Waals surface area contributed by atoms with Gasteiger partial charge < -0.3 is 15.7 Å². The van der Waals surface area contributed by atoms with E-state index in [-0.39, 0.29) is 11.4 Å². The van der Waals surface area contributed by atoms with Crippen LogP contribution in [-0.2, 0) is 5.41 Å². The number of anilines is 1. The van der Waals surface area contributed by atoms with Gasteiger partial charge in [0.05, 0.1) is 23.5 Å². The van der Waals surface area contributed by atoms with E-state index in [0.717, 1.165) is 26.9 Å². The summed E-state index contributed by atoms with van der Waals surface area (Å²) in [6, 6.07) is 18.8. The number of hydrogen-bond acceptors (Lipinski definition) is 3. The second-order valence-corrected chi connectivity index (χ2v) is 9.43. The summed E-state index contributed by atoms with van der Waals surface area (Å²) in [5, 5.41) is 16.8. The third kappa shape index (κ3) is 4.36. The van der Waals surface area contributed by atoms with Crippen LogP contribution in [0.2, 0.25) is 0 Å². The van der Waals surface area contributed by atoms with E-state index in [1.165, 1.54) is 0 Å². The van der Waals surface area contributed by atoms with Gasteiger partial charge in [0.1, 0.15) is 4.60 Å². The lowest BCUT2D eigenvalue weighted by molar-refractivity contribution is 0.0883. The quantitative estimate of drug-likeness (QED) is 0.420. The molecule has 1 aliphatic carbocycles. The Kier molecular flexibility index (Phi) is 5.86. The molecule has 1 aliphatic rings. The average molecular weight is 480 g/mol. The summed E-state index contributed by atoms with van der Waals surface area (Å²) in [4.78, 5) is 17.6. The van der Waals surface area contributed by atoms with Crippen LogP contribution in [-0.4, -0.2) is 22.2 Å². The number of aliphatic hydroxyl groups excluding tert-OH is 1. The molecule has 0 fully saturated rings. The molecule has 0 bridgehead atoms. The Morgan fingerprint density at radius 1 is 1.13 bits per heavy atom. The topological polar surface area (TPSA) is 74.2 Å². The number of nitrogens with one attached hydrogen (secondary N) is 2. The van der Waals surface area contributed by atoms with Crippen LogP contribution in [0.25, 0.3) is 11.3 Å². The molecule has 1 heterocycles. The number of hydrogen-bond donors (Lipinski definition) is 3. The van der Waals surface area contributed by atoms with Crippen molar-refractivity contribution in [3.05, 3.63) is 82.0 Å². The van der Waals surface area contributed by atoms with Crippen molar-refractivity contribution in [3.63, 3.8) is 0 Å². The van der Waals surface area contributed by atoms with Gasteiger partial charge in [-0.2, -0.15) is 0 Å². The van der Waals surface area contributed by atoms with Gasteiger partial charge in [-0.05, 0) is 57.4 Å². The fourth-order valence-electron chi connectivity index (χ4n) is 4.32. The highest BCUT2D eigenvalue weighted by Gasteiger charge is 2.39. The summed E-state index contributed by atoms with van der Waals surface area (Å²) in [6.45, 7) is 6.17. The monoisotopic (exact) mass is 479 g/mol. The highest BCUT2D eigenvalue weighted by atomic mass is 79.9. The number of aromatic nitrogens is 1. The van der Waals surface area contributed by atoms with Crippen LogP contribution in [0.5, 0.6) is 0 Å². The highest BCUT2D eigenvalue weighted by molar-refractivity contribution is 9.10. The van der Waals surface area contributed by atoms with Crippen LogP contribution in [0.3, 0.4) is 0 Å². The molecule has 2 atom stereocenters. The number of urea groups is 1. The van der Waals surface area contributed by atoms with Gasteiger partial charge in [-0.25, -0.2) is 9.78 Å². The Bertz CT molecular complexity index is 1120.